The molecule has 1 aromatic heterocycles. The van der Waals surface area contributed by atoms with Crippen LogP contribution >= 0.6 is 0 Å². The molecule has 3 rings (SSSR count). The summed E-state index contributed by atoms with van der Waals surface area (Å²) >= 11 is 0. The summed E-state index contributed by atoms with van der Waals surface area (Å²) in [5.41, 5.74) is 3.75. The van der Waals surface area contributed by atoms with E-state index >= 15 is 0 Å². The van der Waals surface area contributed by atoms with Crippen molar-refractivity contribution in [3.63, 3.8) is 0 Å². The maximum absolute atomic E-state index is 12.3. The number of ether oxygens (including phenoxy) is 1. The summed E-state index contributed by atoms with van der Waals surface area (Å²) in [5, 5.41) is 4.16. The Balaban J connectivity index is 1.92. The summed E-state index contributed by atoms with van der Waals surface area (Å²) in [4.78, 5) is 12.3. The zero-order valence-corrected chi connectivity index (χ0v) is 14.9. The van der Waals surface area contributed by atoms with E-state index in [2.05, 4.69) is 11.4 Å². The van der Waals surface area contributed by atoms with E-state index in [0.29, 0.717) is 6.04 Å². The molecule has 0 saturated heterocycles. The van der Waals surface area contributed by atoms with Gasteiger partial charge in [0, 0.05) is 29.1 Å². The molecule has 4 heteroatoms. The van der Waals surface area contributed by atoms with Crippen molar-refractivity contribution in [2.24, 2.45) is 0 Å². The van der Waals surface area contributed by atoms with Crippen LogP contribution < -0.4 is 10.1 Å². The number of benzene rings is 1. The summed E-state index contributed by atoms with van der Waals surface area (Å²) in [6.07, 6.45) is 6.25. The third-order valence-corrected chi connectivity index (χ3v) is 4.97. The van der Waals surface area contributed by atoms with Gasteiger partial charge in [-0.15, -0.1) is 0 Å². The highest BCUT2D eigenvalue weighted by Crippen LogP contribution is 2.34. The first kappa shape index (κ1) is 16.6. The maximum Gasteiger partial charge on any atom is 0.244 e. The minimum atomic E-state index is -0.0263. The number of hydrogen-bond acceptors (Lipinski definition) is 3. The maximum atomic E-state index is 12.3. The topological polar surface area (TPSA) is 51.5 Å². The summed E-state index contributed by atoms with van der Waals surface area (Å²) in [5.74, 6) is 1.60. The second-order valence-electron chi connectivity index (χ2n) is 6.65. The minimum Gasteiger partial charge on any atom is -0.496 e. The molecule has 0 atom stereocenters. The van der Waals surface area contributed by atoms with E-state index < -0.39 is 0 Å². The third kappa shape index (κ3) is 3.18. The number of carbonyl (C=O) groups excluding carboxylic acids is 1. The Bertz CT molecular complexity index is 795. The fraction of sp³-hybridized carbons (Fsp3) is 0.450. The smallest absolute Gasteiger partial charge is 0.244 e. The van der Waals surface area contributed by atoms with Crippen molar-refractivity contribution in [2.45, 2.75) is 52.5 Å². The number of aryl methyl sites for hydroxylation is 2. The molecule has 2 aromatic rings. The molecular formula is C20H25NO3. The molecule has 0 aliphatic heterocycles. The predicted octanol–water partition coefficient (Wildman–Crippen LogP) is 4.52. The lowest BCUT2D eigenvalue weighted by atomic mass is 10.0. The molecule has 1 aliphatic carbocycles. The Labute approximate surface area is 142 Å². The van der Waals surface area contributed by atoms with Gasteiger partial charge < -0.3 is 14.5 Å². The average molecular weight is 327 g/mol. The van der Waals surface area contributed by atoms with Gasteiger partial charge in [-0.05, 0) is 50.8 Å². The van der Waals surface area contributed by atoms with Gasteiger partial charge in [-0.2, -0.15) is 0 Å². The van der Waals surface area contributed by atoms with Crippen LogP contribution in [0.5, 0.6) is 5.75 Å². The molecule has 0 bridgehead atoms. The van der Waals surface area contributed by atoms with Crippen LogP contribution in [0.4, 0.5) is 0 Å². The zero-order chi connectivity index (χ0) is 17.3. The average Bonchev–Trinajstić information content (AvgIpc) is 3.14. The number of amides is 1. The number of furan rings is 1. The monoisotopic (exact) mass is 327 g/mol. The van der Waals surface area contributed by atoms with E-state index in [1.165, 1.54) is 12.8 Å². The quantitative estimate of drug-likeness (QED) is 0.840. The zero-order valence-electron chi connectivity index (χ0n) is 14.9. The SMILES string of the molecule is COc1cc2oc(C)c(C)c2cc1/C(C)=C/C(=O)NC1CCCC1. The first-order chi connectivity index (χ1) is 11.5. The molecule has 24 heavy (non-hydrogen) atoms. The highest BCUT2D eigenvalue weighted by Gasteiger charge is 2.17. The molecular weight excluding hydrogens is 302 g/mol. The first-order valence-corrected chi connectivity index (χ1v) is 8.56. The molecule has 1 saturated carbocycles. The Morgan fingerprint density at radius 2 is 2.00 bits per heavy atom. The summed E-state index contributed by atoms with van der Waals surface area (Å²) in [7, 11) is 1.64. The predicted molar refractivity (Wildman–Crippen MR) is 96.3 cm³/mol. The fourth-order valence-corrected chi connectivity index (χ4v) is 3.43. The molecule has 0 spiro atoms. The number of fused-ring (bicyclic) bond motifs is 1. The van der Waals surface area contributed by atoms with Gasteiger partial charge in [0.2, 0.25) is 5.91 Å². The molecule has 0 unspecified atom stereocenters. The van der Waals surface area contributed by atoms with Crippen molar-refractivity contribution < 1.29 is 13.9 Å². The van der Waals surface area contributed by atoms with E-state index in [1.807, 2.05) is 26.8 Å². The molecule has 1 aliphatic rings. The van der Waals surface area contributed by atoms with Crippen molar-refractivity contribution in [1.82, 2.24) is 5.32 Å². The van der Waals surface area contributed by atoms with Gasteiger partial charge in [-0.1, -0.05) is 12.8 Å². The van der Waals surface area contributed by atoms with Crippen molar-refractivity contribution >= 4 is 22.4 Å². The summed E-state index contributed by atoms with van der Waals surface area (Å²) in [6, 6.07) is 4.27. The molecule has 1 heterocycles. The molecule has 4 nitrogen and oxygen atoms in total. The Kier molecular flexibility index (Phi) is 4.65. The van der Waals surface area contributed by atoms with Crippen molar-refractivity contribution in [1.29, 1.82) is 0 Å². The van der Waals surface area contributed by atoms with Crippen LogP contribution in [-0.4, -0.2) is 19.1 Å². The highest BCUT2D eigenvalue weighted by molar-refractivity contribution is 5.97. The molecule has 1 N–H and O–H groups in total. The van der Waals surface area contributed by atoms with Gasteiger partial charge in [0.15, 0.2) is 0 Å². The van der Waals surface area contributed by atoms with E-state index in [1.54, 1.807) is 13.2 Å². The lowest BCUT2D eigenvalue weighted by molar-refractivity contribution is -0.117. The van der Waals surface area contributed by atoms with Gasteiger partial charge >= 0.3 is 0 Å². The molecule has 128 valence electrons. The van der Waals surface area contributed by atoms with E-state index in [-0.39, 0.29) is 5.91 Å². The number of carbonyl (C=O) groups is 1. The number of rotatable bonds is 4. The second-order valence-corrected chi connectivity index (χ2v) is 6.65. The summed E-state index contributed by atoms with van der Waals surface area (Å²) in [6.45, 7) is 5.95. The Morgan fingerprint density at radius 1 is 1.29 bits per heavy atom. The van der Waals surface area contributed by atoms with Gasteiger partial charge in [0.05, 0.1) is 7.11 Å². The normalized spacial score (nSPS) is 15.9. The molecule has 1 amide bonds. The van der Waals surface area contributed by atoms with Gasteiger partial charge in [-0.25, -0.2) is 0 Å². The lowest BCUT2D eigenvalue weighted by Gasteiger charge is -2.12. The number of methoxy groups -OCH3 is 1. The van der Waals surface area contributed by atoms with Crippen LogP contribution in [0.25, 0.3) is 16.5 Å². The fourth-order valence-electron chi connectivity index (χ4n) is 3.43. The largest absolute Gasteiger partial charge is 0.496 e. The minimum absolute atomic E-state index is 0.0263. The van der Waals surface area contributed by atoms with E-state index in [9.17, 15) is 4.79 Å². The van der Waals surface area contributed by atoms with Crippen LogP contribution in [0, 0.1) is 13.8 Å². The highest BCUT2D eigenvalue weighted by atomic mass is 16.5. The van der Waals surface area contributed by atoms with Crippen molar-refractivity contribution in [3.05, 3.63) is 35.1 Å². The lowest BCUT2D eigenvalue weighted by Crippen LogP contribution is -2.31. The Morgan fingerprint density at radius 3 is 2.67 bits per heavy atom. The van der Waals surface area contributed by atoms with Crippen LogP contribution in [0.3, 0.4) is 0 Å². The van der Waals surface area contributed by atoms with E-state index in [4.69, 9.17) is 9.15 Å². The first-order valence-electron chi connectivity index (χ1n) is 8.56. The number of hydrogen-bond donors (Lipinski definition) is 1. The van der Waals surface area contributed by atoms with Crippen molar-refractivity contribution in [2.75, 3.05) is 7.11 Å². The summed E-state index contributed by atoms with van der Waals surface area (Å²) < 4.78 is 11.3. The van der Waals surface area contributed by atoms with E-state index in [0.717, 1.165) is 52.0 Å². The van der Waals surface area contributed by atoms with Crippen LogP contribution in [0.15, 0.2) is 22.6 Å². The number of nitrogens with one attached hydrogen (secondary N) is 1. The molecule has 1 aromatic carbocycles. The number of allylic oxidation sites excluding steroid dienone is 1. The van der Waals surface area contributed by atoms with Crippen LogP contribution in [0.2, 0.25) is 0 Å². The van der Waals surface area contributed by atoms with Crippen LogP contribution in [0.1, 0.15) is 49.5 Å². The third-order valence-electron chi connectivity index (χ3n) is 4.97. The van der Waals surface area contributed by atoms with Gasteiger partial charge in [0.1, 0.15) is 17.1 Å². The van der Waals surface area contributed by atoms with Crippen LogP contribution in [-0.2, 0) is 4.79 Å². The Hall–Kier alpha value is -2.23. The standard InChI is InChI=1S/C20H25NO3/c1-12(9-20(22)21-15-7-5-6-8-15)16-10-17-13(2)14(3)24-19(17)11-18(16)23-4/h9-11,15H,5-8H2,1-4H3,(H,21,22)/b12-9+. The van der Waals surface area contributed by atoms with Crippen molar-refractivity contribution in [3.8, 4) is 5.75 Å². The van der Waals surface area contributed by atoms with Gasteiger partial charge in [-0.3, -0.25) is 4.79 Å². The molecule has 1 fully saturated rings. The molecule has 0 radical (unpaired) electrons. The second kappa shape index (κ2) is 6.71. The van der Waals surface area contributed by atoms with Gasteiger partial charge in [0.25, 0.3) is 0 Å².